The summed E-state index contributed by atoms with van der Waals surface area (Å²) in [6, 6.07) is 5.29. The number of likely N-dealkylation sites (N-methyl/N-ethyl adjacent to an activating group) is 1. The lowest BCUT2D eigenvalue weighted by atomic mass is 10.1. The van der Waals surface area contributed by atoms with Gasteiger partial charge in [-0.3, -0.25) is 14.5 Å². The molecule has 0 radical (unpaired) electrons. The van der Waals surface area contributed by atoms with Crippen LogP contribution in [0.4, 0.5) is 18.9 Å². The van der Waals surface area contributed by atoms with Gasteiger partial charge >= 0.3 is 6.18 Å². The van der Waals surface area contributed by atoms with Crippen LogP contribution >= 0.6 is 0 Å². The van der Waals surface area contributed by atoms with Crippen molar-refractivity contribution >= 4 is 17.5 Å². The van der Waals surface area contributed by atoms with Crippen LogP contribution in [0, 0.1) is 0 Å². The molecule has 1 N–H and O–H groups in total. The first-order valence-electron chi connectivity index (χ1n) is 9.36. The number of piperazine rings is 1. The van der Waals surface area contributed by atoms with Crippen molar-refractivity contribution in [3.05, 3.63) is 29.8 Å². The Hall–Kier alpha value is -2.29. The number of hydrogen-bond donors (Lipinski definition) is 1. The largest absolute Gasteiger partial charge is 0.416 e. The molecule has 0 atom stereocenters. The number of rotatable bonds is 7. The van der Waals surface area contributed by atoms with Crippen molar-refractivity contribution in [1.29, 1.82) is 0 Å². The molecule has 0 aliphatic carbocycles. The third-order valence-electron chi connectivity index (χ3n) is 4.65. The number of alkyl halides is 3. The molecule has 6 nitrogen and oxygen atoms in total. The fourth-order valence-electron chi connectivity index (χ4n) is 2.98. The molecule has 0 bridgehead atoms. The zero-order valence-corrected chi connectivity index (χ0v) is 16.3. The van der Waals surface area contributed by atoms with E-state index in [0.717, 1.165) is 18.6 Å². The van der Waals surface area contributed by atoms with Crippen molar-refractivity contribution in [2.45, 2.75) is 19.5 Å². The van der Waals surface area contributed by atoms with E-state index in [9.17, 15) is 22.8 Å². The van der Waals surface area contributed by atoms with E-state index >= 15 is 0 Å². The third-order valence-corrected chi connectivity index (χ3v) is 4.65. The molecule has 2 rings (SSSR count). The second-order valence-electron chi connectivity index (χ2n) is 6.91. The van der Waals surface area contributed by atoms with Crippen LogP contribution < -0.4 is 10.2 Å². The standard InChI is InChI=1S/C19H27F3N4O2/c1-3-7-23-17(27)13-24(2)18(28)14-25-8-10-26(11-9-25)16-6-4-5-15(12-16)19(20,21)22/h4-6,12H,3,7-11,13-14H2,1-2H3,(H,23,27). The molecule has 1 aromatic carbocycles. The summed E-state index contributed by atoms with van der Waals surface area (Å²) in [4.78, 5) is 29.2. The molecule has 0 unspecified atom stereocenters. The van der Waals surface area contributed by atoms with E-state index < -0.39 is 11.7 Å². The molecule has 0 saturated carbocycles. The van der Waals surface area contributed by atoms with Crippen molar-refractivity contribution < 1.29 is 22.8 Å². The Morgan fingerprint density at radius 1 is 1.18 bits per heavy atom. The van der Waals surface area contributed by atoms with Crippen LogP contribution in [0.1, 0.15) is 18.9 Å². The first kappa shape index (κ1) is 22.0. The molecule has 9 heteroatoms. The van der Waals surface area contributed by atoms with Gasteiger partial charge in [0, 0.05) is 45.5 Å². The molecule has 0 aromatic heterocycles. The smallest absolute Gasteiger partial charge is 0.369 e. The number of carbonyl (C=O) groups excluding carboxylic acids is 2. The Bertz CT molecular complexity index is 673. The van der Waals surface area contributed by atoms with Crippen LogP contribution in [0.2, 0.25) is 0 Å². The molecule has 1 saturated heterocycles. The maximum Gasteiger partial charge on any atom is 0.416 e. The van der Waals surface area contributed by atoms with E-state index in [2.05, 4.69) is 5.32 Å². The summed E-state index contributed by atoms with van der Waals surface area (Å²) in [6.45, 7) is 4.95. The predicted molar refractivity (Wildman–Crippen MR) is 101 cm³/mol. The molecule has 156 valence electrons. The summed E-state index contributed by atoms with van der Waals surface area (Å²) in [7, 11) is 1.59. The van der Waals surface area contributed by atoms with Crippen LogP contribution in [-0.2, 0) is 15.8 Å². The molecule has 28 heavy (non-hydrogen) atoms. The second-order valence-corrected chi connectivity index (χ2v) is 6.91. The number of benzene rings is 1. The second kappa shape index (κ2) is 9.77. The normalized spacial score (nSPS) is 15.4. The maximum atomic E-state index is 12.9. The molecule has 2 amide bonds. The minimum absolute atomic E-state index is 0.0169. The Balaban J connectivity index is 1.82. The highest BCUT2D eigenvalue weighted by Gasteiger charge is 2.31. The number of hydrogen-bond acceptors (Lipinski definition) is 4. The number of carbonyl (C=O) groups is 2. The van der Waals surface area contributed by atoms with Gasteiger partial charge in [-0.15, -0.1) is 0 Å². The maximum absolute atomic E-state index is 12.9. The average Bonchev–Trinajstić information content (AvgIpc) is 2.66. The van der Waals surface area contributed by atoms with Crippen molar-refractivity contribution in [3.63, 3.8) is 0 Å². The van der Waals surface area contributed by atoms with Gasteiger partial charge in [0.05, 0.1) is 18.7 Å². The van der Waals surface area contributed by atoms with E-state index in [-0.39, 0.29) is 24.9 Å². The van der Waals surface area contributed by atoms with E-state index in [0.29, 0.717) is 38.4 Å². The van der Waals surface area contributed by atoms with Crippen LogP contribution in [-0.4, -0.2) is 74.5 Å². The van der Waals surface area contributed by atoms with Gasteiger partial charge in [-0.1, -0.05) is 13.0 Å². The number of amides is 2. The first-order chi connectivity index (χ1) is 13.2. The van der Waals surface area contributed by atoms with Gasteiger partial charge in [0.15, 0.2) is 0 Å². The van der Waals surface area contributed by atoms with E-state index in [1.165, 1.54) is 11.0 Å². The van der Waals surface area contributed by atoms with Gasteiger partial charge in [-0.05, 0) is 24.6 Å². The summed E-state index contributed by atoms with van der Waals surface area (Å²) in [6.07, 6.45) is -3.53. The van der Waals surface area contributed by atoms with Crippen molar-refractivity contribution in [1.82, 2.24) is 15.1 Å². The van der Waals surface area contributed by atoms with E-state index in [4.69, 9.17) is 0 Å². The number of nitrogens with zero attached hydrogens (tertiary/aromatic N) is 3. The molecular weight excluding hydrogens is 373 g/mol. The Labute approximate surface area is 163 Å². The van der Waals surface area contributed by atoms with Gasteiger partial charge in [-0.25, -0.2) is 0 Å². The highest BCUT2D eigenvalue weighted by atomic mass is 19.4. The molecule has 1 heterocycles. The van der Waals surface area contributed by atoms with Crippen LogP contribution in [0.15, 0.2) is 24.3 Å². The van der Waals surface area contributed by atoms with Gasteiger partial charge in [-0.2, -0.15) is 13.2 Å². The molecule has 1 aliphatic rings. The highest BCUT2D eigenvalue weighted by molar-refractivity contribution is 5.85. The Kier molecular flexibility index (Phi) is 7.68. The van der Waals surface area contributed by atoms with Gasteiger partial charge in [0.25, 0.3) is 0 Å². The molecule has 0 spiro atoms. The quantitative estimate of drug-likeness (QED) is 0.759. The van der Waals surface area contributed by atoms with E-state index in [1.807, 2.05) is 16.7 Å². The minimum Gasteiger partial charge on any atom is -0.369 e. The van der Waals surface area contributed by atoms with Crippen LogP contribution in [0.5, 0.6) is 0 Å². The molecular formula is C19H27F3N4O2. The Morgan fingerprint density at radius 3 is 2.46 bits per heavy atom. The lowest BCUT2D eigenvalue weighted by Crippen LogP contribution is -2.50. The minimum atomic E-state index is -4.36. The van der Waals surface area contributed by atoms with Crippen molar-refractivity contribution in [3.8, 4) is 0 Å². The zero-order valence-electron chi connectivity index (χ0n) is 16.3. The van der Waals surface area contributed by atoms with E-state index in [1.54, 1.807) is 13.1 Å². The fourth-order valence-corrected chi connectivity index (χ4v) is 2.98. The average molecular weight is 400 g/mol. The number of anilines is 1. The van der Waals surface area contributed by atoms with Crippen LogP contribution in [0.3, 0.4) is 0 Å². The summed E-state index contributed by atoms with van der Waals surface area (Å²) < 4.78 is 38.6. The molecule has 1 aromatic rings. The fraction of sp³-hybridized carbons (Fsp3) is 0.579. The summed E-state index contributed by atoms with van der Waals surface area (Å²) in [5.41, 5.74) is -0.129. The topological polar surface area (TPSA) is 55.9 Å². The van der Waals surface area contributed by atoms with Gasteiger partial charge in [0.2, 0.25) is 11.8 Å². The summed E-state index contributed by atoms with van der Waals surface area (Å²) >= 11 is 0. The van der Waals surface area contributed by atoms with Crippen molar-refractivity contribution in [2.75, 3.05) is 57.8 Å². The predicted octanol–water partition coefficient (Wildman–Crippen LogP) is 1.81. The SMILES string of the molecule is CCCNC(=O)CN(C)C(=O)CN1CCN(c2cccc(C(F)(F)F)c2)CC1. The van der Waals surface area contributed by atoms with Gasteiger partial charge in [0.1, 0.15) is 0 Å². The zero-order chi connectivity index (χ0) is 20.7. The Morgan fingerprint density at radius 2 is 1.86 bits per heavy atom. The molecule has 1 fully saturated rings. The highest BCUT2D eigenvalue weighted by Crippen LogP contribution is 2.31. The number of nitrogens with one attached hydrogen (secondary N) is 1. The monoisotopic (exact) mass is 400 g/mol. The lowest BCUT2D eigenvalue weighted by Gasteiger charge is -2.36. The van der Waals surface area contributed by atoms with Crippen LogP contribution in [0.25, 0.3) is 0 Å². The first-order valence-corrected chi connectivity index (χ1v) is 9.36. The lowest BCUT2D eigenvalue weighted by molar-refractivity contribution is -0.137. The van der Waals surface area contributed by atoms with Crippen molar-refractivity contribution in [2.24, 2.45) is 0 Å². The van der Waals surface area contributed by atoms with Gasteiger partial charge < -0.3 is 15.1 Å². The number of halogens is 3. The summed E-state index contributed by atoms with van der Waals surface area (Å²) in [5, 5.41) is 2.73. The molecule has 1 aliphatic heterocycles. The summed E-state index contributed by atoms with van der Waals surface area (Å²) in [5.74, 6) is -0.341. The third kappa shape index (κ3) is 6.40.